The van der Waals surface area contributed by atoms with Crippen molar-refractivity contribution in [2.24, 2.45) is 0 Å². The fraction of sp³-hybridized carbons (Fsp3) is 0.294. The van der Waals surface area contributed by atoms with E-state index in [9.17, 15) is 8.78 Å². The summed E-state index contributed by atoms with van der Waals surface area (Å²) >= 11 is 0. The molecule has 3 rings (SSSR count). The van der Waals surface area contributed by atoms with Crippen LogP contribution in [-0.2, 0) is 19.5 Å². The zero-order chi connectivity index (χ0) is 14.8. The molecule has 2 nitrogen and oxygen atoms in total. The molecule has 0 bridgehead atoms. The molecule has 0 amide bonds. The van der Waals surface area contributed by atoms with Gasteiger partial charge in [0.1, 0.15) is 0 Å². The first-order valence-corrected chi connectivity index (χ1v) is 7.11. The highest BCUT2D eigenvalue weighted by atomic mass is 19.2. The summed E-state index contributed by atoms with van der Waals surface area (Å²) in [7, 11) is 2.10. The van der Waals surface area contributed by atoms with Crippen molar-refractivity contribution in [2.45, 2.75) is 19.5 Å². The van der Waals surface area contributed by atoms with Crippen molar-refractivity contribution in [2.75, 3.05) is 18.5 Å². The van der Waals surface area contributed by atoms with E-state index in [-0.39, 0.29) is 0 Å². The predicted octanol–water partition coefficient (Wildman–Crippen LogP) is 3.25. The highest BCUT2D eigenvalue weighted by molar-refractivity contribution is 5.58. The van der Waals surface area contributed by atoms with Crippen molar-refractivity contribution in [3.05, 3.63) is 64.7 Å². The first-order valence-electron chi connectivity index (χ1n) is 7.11. The summed E-state index contributed by atoms with van der Waals surface area (Å²) in [4.78, 5) is 2.26. The molecule has 2 aromatic rings. The van der Waals surface area contributed by atoms with E-state index in [0.29, 0.717) is 6.54 Å². The Morgan fingerprint density at radius 1 is 1.00 bits per heavy atom. The van der Waals surface area contributed by atoms with E-state index in [2.05, 4.69) is 35.5 Å². The third kappa shape index (κ3) is 3.05. The van der Waals surface area contributed by atoms with Crippen LogP contribution in [0, 0.1) is 11.6 Å². The van der Waals surface area contributed by atoms with Gasteiger partial charge < -0.3 is 10.2 Å². The molecule has 0 fully saturated rings. The van der Waals surface area contributed by atoms with Crippen LogP contribution >= 0.6 is 0 Å². The van der Waals surface area contributed by atoms with Crippen molar-refractivity contribution in [1.82, 2.24) is 5.32 Å². The van der Waals surface area contributed by atoms with Gasteiger partial charge in [0, 0.05) is 32.4 Å². The summed E-state index contributed by atoms with van der Waals surface area (Å²) < 4.78 is 26.0. The van der Waals surface area contributed by atoms with Crippen molar-refractivity contribution in [3.8, 4) is 0 Å². The third-order valence-electron chi connectivity index (χ3n) is 3.91. The number of halogens is 2. The predicted molar refractivity (Wildman–Crippen MR) is 80.3 cm³/mol. The normalized spacial score (nSPS) is 13.6. The molecule has 0 atom stereocenters. The SMILES string of the molecule is CN1CCc2cc(CNCc3ccc(F)c(F)c3)ccc21. The van der Waals surface area contributed by atoms with E-state index in [1.807, 2.05) is 0 Å². The van der Waals surface area contributed by atoms with Gasteiger partial charge >= 0.3 is 0 Å². The zero-order valence-electron chi connectivity index (χ0n) is 12.0. The number of likely N-dealkylation sites (N-methyl/N-ethyl adjacent to an activating group) is 1. The smallest absolute Gasteiger partial charge is 0.159 e. The lowest BCUT2D eigenvalue weighted by atomic mass is 10.1. The lowest BCUT2D eigenvalue weighted by Gasteiger charge is -2.12. The maximum absolute atomic E-state index is 13.1. The molecule has 0 saturated heterocycles. The highest BCUT2D eigenvalue weighted by Crippen LogP contribution is 2.27. The van der Waals surface area contributed by atoms with Gasteiger partial charge in [-0.1, -0.05) is 18.2 Å². The molecule has 1 heterocycles. The van der Waals surface area contributed by atoms with Crippen LogP contribution in [0.3, 0.4) is 0 Å². The minimum absolute atomic E-state index is 0.522. The molecule has 0 unspecified atom stereocenters. The number of anilines is 1. The van der Waals surface area contributed by atoms with Crippen LogP contribution in [0.4, 0.5) is 14.5 Å². The van der Waals surface area contributed by atoms with Crippen molar-refractivity contribution in [3.63, 3.8) is 0 Å². The van der Waals surface area contributed by atoms with Crippen LogP contribution in [0.15, 0.2) is 36.4 Å². The molecule has 0 aromatic heterocycles. The summed E-state index contributed by atoms with van der Waals surface area (Å²) in [6.45, 7) is 2.31. The Morgan fingerprint density at radius 2 is 1.71 bits per heavy atom. The lowest BCUT2D eigenvalue weighted by molar-refractivity contribution is 0.506. The molecule has 1 N–H and O–H groups in total. The summed E-state index contributed by atoms with van der Waals surface area (Å²) in [6, 6.07) is 10.5. The Kier molecular flexibility index (Phi) is 3.88. The Hall–Kier alpha value is -1.94. The minimum Gasteiger partial charge on any atom is -0.374 e. The number of nitrogens with zero attached hydrogens (tertiary/aromatic N) is 1. The second-order valence-electron chi connectivity index (χ2n) is 5.49. The number of hydrogen-bond donors (Lipinski definition) is 1. The first-order chi connectivity index (χ1) is 10.1. The second kappa shape index (κ2) is 5.82. The third-order valence-corrected chi connectivity index (χ3v) is 3.91. The van der Waals surface area contributed by atoms with Crippen LogP contribution in [0.5, 0.6) is 0 Å². The molecule has 4 heteroatoms. The largest absolute Gasteiger partial charge is 0.374 e. The van der Waals surface area contributed by atoms with Gasteiger partial charge in [0.15, 0.2) is 11.6 Å². The fourth-order valence-electron chi connectivity index (χ4n) is 2.73. The minimum atomic E-state index is -0.804. The molecule has 0 radical (unpaired) electrons. The summed E-state index contributed by atoms with van der Waals surface area (Å²) in [5.74, 6) is -1.60. The molecule has 110 valence electrons. The highest BCUT2D eigenvalue weighted by Gasteiger charge is 2.15. The van der Waals surface area contributed by atoms with E-state index >= 15 is 0 Å². The van der Waals surface area contributed by atoms with Gasteiger partial charge in [-0.2, -0.15) is 0 Å². The van der Waals surface area contributed by atoms with Crippen LogP contribution in [-0.4, -0.2) is 13.6 Å². The summed E-state index contributed by atoms with van der Waals surface area (Å²) in [5, 5.41) is 3.26. The maximum atomic E-state index is 13.1. The number of fused-ring (bicyclic) bond motifs is 1. The zero-order valence-corrected chi connectivity index (χ0v) is 12.0. The molecule has 0 aliphatic carbocycles. The quantitative estimate of drug-likeness (QED) is 0.929. The van der Waals surface area contributed by atoms with E-state index < -0.39 is 11.6 Å². The topological polar surface area (TPSA) is 15.3 Å². The monoisotopic (exact) mass is 288 g/mol. The molecule has 0 saturated carbocycles. The lowest BCUT2D eigenvalue weighted by Crippen LogP contribution is -2.13. The van der Waals surface area contributed by atoms with E-state index in [4.69, 9.17) is 0 Å². The van der Waals surface area contributed by atoms with Gasteiger partial charge in [-0.25, -0.2) is 8.78 Å². The molecule has 0 spiro atoms. The van der Waals surface area contributed by atoms with E-state index in [1.165, 1.54) is 22.9 Å². The number of benzene rings is 2. The summed E-state index contributed by atoms with van der Waals surface area (Å²) in [5.41, 5.74) is 4.64. The molecule has 21 heavy (non-hydrogen) atoms. The standard InChI is InChI=1S/C17H18F2N2/c1-21-7-6-14-8-12(3-5-17(14)21)10-20-11-13-2-4-15(18)16(19)9-13/h2-5,8-9,20H,6-7,10-11H2,1H3. The fourth-order valence-corrected chi connectivity index (χ4v) is 2.73. The van der Waals surface area contributed by atoms with Crippen LogP contribution in [0.1, 0.15) is 16.7 Å². The molecular formula is C17H18F2N2. The molecule has 1 aliphatic heterocycles. The van der Waals surface area contributed by atoms with Crippen LogP contribution < -0.4 is 10.2 Å². The van der Waals surface area contributed by atoms with Crippen molar-refractivity contribution < 1.29 is 8.78 Å². The average Bonchev–Trinajstić information content (AvgIpc) is 2.84. The van der Waals surface area contributed by atoms with Gasteiger partial charge in [0.2, 0.25) is 0 Å². The average molecular weight is 288 g/mol. The van der Waals surface area contributed by atoms with Gasteiger partial charge in [-0.05, 0) is 41.3 Å². The number of hydrogen-bond acceptors (Lipinski definition) is 2. The molecule has 2 aromatic carbocycles. The number of nitrogens with one attached hydrogen (secondary N) is 1. The van der Waals surface area contributed by atoms with Gasteiger partial charge in [-0.3, -0.25) is 0 Å². The van der Waals surface area contributed by atoms with E-state index in [0.717, 1.165) is 31.1 Å². The van der Waals surface area contributed by atoms with Crippen LogP contribution in [0.25, 0.3) is 0 Å². The second-order valence-corrected chi connectivity index (χ2v) is 5.49. The maximum Gasteiger partial charge on any atom is 0.159 e. The Morgan fingerprint density at radius 3 is 2.48 bits per heavy atom. The van der Waals surface area contributed by atoms with Gasteiger partial charge in [0.25, 0.3) is 0 Å². The Bertz CT molecular complexity index is 655. The Balaban J connectivity index is 1.59. The molecule has 1 aliphatic rings. The van der Waals surface area contributed by atoms with E-state index in [1.54, 1.807) is 6.07 Å². The van der Waals surface area contributed by atoms with Crippen LogP contribution in [0.2, 0.25) is 0 Å². The van der Waals surface area contributed by atoms with Crippen molar-refractivity contribution >= 4 is 5.69 Å². The van der Waals surface area contributed by atoms with Crippen molar-refractivity contribution in [1.29, 1.82) is 0 Å². The van der Waals surface area contributed by atoms with Gasteiger partial charge in [-0.15, -0.1) is 0 Å². The summed E-state index contributed by atoms with van der Waals surface area (Å²) in [6.07, 6.45) is 1.09. The van der Waals surface area contributed by atoms with Gasteiger partial charge in [0.05, 0.1) is 0 Å². The molecular weight excluding hydrogens is 270 g/mol. The first kappa shape index (κ1) is 14.0. The Labute approximate surface area is 123 Å². The number of rotatable bonds is 4.